The first-order valence-corrected chi connectivity index (χ1v) is 10.5. The van der Waals surface area contributed by atoms with E-state index in [1.807, 2.05) is 6.92 Å². The maximum absolute atomic E-state index is 13.1. The number of Topliss-reactive ketones (excluding diaryl/α,β-unsaturated/α-hetero) is 1. The summed E-state index contributed by atoms with van der Waals surface area (Å²) in [5.41, 5.74) is 2.21. The number of ketones is 1. The molecule has 0 saturated carbocycles. The van der Waals surface area contributed by atoms with Crippen LogP contribution in [0.4, 0.5) is 5.69 Å². The number of carbonyl (C=O) groups excluding carboxylic acids is 3. The summed E-state index contributed by atoms with van der Waals surface area (Å²) < 4.78 is 16.4. The zero-order valence-electron chi connectivity index (χ0n) is 17.1. The summed E-state index contributed by atoms with van der Waals surface area (Å²) in [6, 6.07) is 6.77. The van der Waals surface area contributed by atoms with Crippen LogP contribution < -0.4 is 10.1 Å². The molecule has 1 amide bonds. The fourth-order valence-corrected chi connectivity index (χ4v) is 4.20. The lowest BCUT2D eigenvalue weighted by Gasteiger charge is -2.16. The smallest absolute Gasteiger partial charge is 0.348 e. The Labute approximate surface area is 178 Å². The molecular formula is C22H23NO6S. The van der Waals surface area contributed by atoms with Gasteiger partial charge in [-0.25, -0.2) is 4.79 Å². The first kappa shape index (κ1) is 21.6. The van der Waals surface area contributed by atoms with Crippen LogP contribution in [-0.4, -0.2) is 30.9 Å². The van der Waals surface area contributed by atoms with Crippen molar-refractivity contribution < 1.29 is 28.6 Å². The van der Waals surface area contributed by atoms with Crippen LogP contribution in [0.3, 0.4) is 0 Å². The van der Waals surface area contributed by atoms with Crippen molar-refractivity contribution in [2.24, 2.45) is 0 Å². The predicted molar refractivity (Wildman–Crippen MR) is 113 cm³/mol. The molecule has 0 fully saturated rings. The molecule has 7 nitrogen and oxygen atoms in total. The third-order valence-corrected chi connectivity index (χ3v) is 5.47. The van der Waals surface area contributed by atoms with Crippen molar-refractivity contribution in [3.05, 3.63) is 52.1 Å². The Balaban J connectivity index is 1.96. The molecule has 0 saturated heterocycles. The van der Waals surface area contributed by atoms with Gasteiger partial charge in [-0.1, -0.05) is 11.3 Å². The Morgan fingerprint density at radius 3 is 2.50 bits per heavy atom. The highest BCUT2D eigenvalue weighted by atomic mass is 32.1. The first-order chi connectivity index (χ1) is 14.4. The van der Waals surface area contributed by atoms with Gasteiger partial charge in [0.25, 0.3) is 0 Å². The number of allylic oxidation sites excluding steroid dienone is 1. The van der Waals surface area contributed by atoms with Crippen molar-refractivity contribution in [1.29, 1.82) is 0 Å². The molecule has 2 aromatic rings. The van der Waals surface area contributed by atoms with Crippen LogP contribution >= 0.6 is 11.3 Å². The van der Waals surface area contributed by atoms with Gasteiger partial charge in [-0.05, 0) is 56.5 Å². The zero-order valence-corrected chi connectivity index (χ0v) is 17.9. The number of anilines is 1. The lowest BCUT2D eigenvalue weighted by Crippen LogP contribution is -2.16. The van der Waals surface area contributed by atoms with Crippen LogP contribution in [0, 0.1) is 0 Å². The number of rotatable bonds is 7. The molecule has 1 aromatic heterocycles. The van der Waals surface area contributed by atoms with E-state index in [-0.39, 0.29) is 18.3 Å². The van der Waals surface area contributed by atoms with Crippen molar-refractivity contribution in [3.8, 4) is 10.8 Å². The quantitative estimate of drug-likeness (QED) is 0.389. The van der Waals surface area contributed by atoms with Gasteiger partial charge in [0.05, 0.1) is 25.0 Å². The van der Waals surface area contributed by atoms with Gasteiger partial charge in [0, 0.05) is 18.2 Å². The molecule has 0 spiro atoms. The van der Waals surface area contributed by atoms with E-state index in [2.05, 4.69) is 5.32 Å². The normalized spacial score (nSPS) is 14.2. The Morgan fingerprint density at radius 2 is 1.87 bits per heavy atom. The molecule has 3 rings (SSSR count). The number of thiophene rings is 1. The molecule has 0 radical (unpaired) electrons. The molecule has 0 atom stereocenters. The van der Waals surface area contributed by atoms with E-state index < -0.39 is 5.97 Å². The Bertz CT molecular complexity index is 990. The minimum atomic E-state index is -0.459. The minimum Gasteiger partial charge on any atom is -0.501 e. The van der Waals surface area contributed by atoms with Gasteiger partial charge >= 0.3 is 5.97 Å². The second kappa shape index (κ2) is 9.58. The summed E-state index contributed by atoms with van der Waals surface area (Å²) in [5.74, 6) is -0.354. The van der Waals surface area contributed by atoms with Crippen LogP contribution in [0.5, 0.6) is 10.8 Å². The Kier molecular flexibility index (Phi) is 6.89. The number of hydrogen-bond acceptors (Lipinski definition) is 7. The lowest BCUT2D eigenvalue weighted by atomic mass is 9.88. The fourth-order valence-electron chi connectivity index (χ4n) is 3.09. The monoisotopic (exact) mass is 429 g/mol. The van der Waals surface area contributed by atoms with Gasteiger partial charge in [0.1, 0.15) is 10.6 Å². The molecule has 1 aromatic carbocycles. The van der Waals surface area contributed by atoms with Gasteiger partial charge in [-0.2, -0.15) is 0 Å². The number of amides is 1. The van der Waals surface area contributed by atoms with Gasteiger partial charge in [-0.3, -0.25) is 9.59 Å². The third-order valence-electron chi connectivity index (χ3n) is 4.38. The number of nitrogens with one attached hydrogen (secondary N) is 1. The van der Waals surface area contributed by atoms with Crippen molar-refractivity contribution >= 4 is 34.7 Å². The van der Waals surface area contributed by atoms with E-state index in [1.165, 1.54) is 13.2 Å². The SMILES string of the molecule is CCO/C=C1\CCc2c(C(=O)OCC)sc(Oc3ccc(NC(C)=O)cc3)c2C1=O. The van der Waals surface area contributed by atoms with Crippen molar-refractivity contribution in [2.75, 3.05) is 18.5 Å². The molecular weight excluding hydrogens is 406 g/mol. The third kappa shape index (κ3) is 4.71. The van der Waals surface area contributed by atoms with E-state index in [9.17, 15) is 14.4 Å². The maximum atomic E-state index is 13.1. The lowest BCUT2D eigenvalue weighted by molar-refractivity contribution is -0.114. The molecule has 1 aliphatic rings. The van der Waals surface area contributed by atoms with Crippen molar-refractivity contribution in [1.82, 2.24) is 0 Å². The molecule has 0 unspecified atom stereocenters. The van der Waals surface area contributed by atoms with Gasteiger partial charge in [-0.15, -0.1) is 0 Å². The first-order valence-electron chi connectivity index (χ1n) is 9.68. The van der Waals surface area contributed by atoms with Gasteiger partial charge in [0.2, 0.25) is 5.91 Å². The molecule has 0 bridgehead atoms. The van der Waals surface area contributed by atoms with E-state index >= 15 is 0 Å². The molecule has 1 aliphatic carbocycles. The van der Waals surface area contributed by atoms with E-state index in [4.69, 9.17) is 14.2 Å². The van der Waals surface area contributed by atoms with Gasteiger partial charge in [0.15, 0.2) is 10.8 Å². The summed E-state index contributed by atoms with van der Waals surface area (Å²) in [6.07, 6.45) is 2.49. The fraction of sp³-hybridized carbons (Fsp3) is 0.318. The standard InChI is InChI=1S/C22H23NO6S/c1-4-27-12-14-6-11-17-18(19(14)25)22(30-20(17)21(26)28-5-2)29-16-9-7-15(8-10-16)23-13(3)24/h7-10,12H,4-6,11H2,1-3H3,(H,23,24)/b14-12+. The highest BCUT2D eigenvalue weighted by molar-refractivity contribution is 7.16. The molecule has 8 heteroatoms. The number of ether oxygens (including phenoxy) is 3. The largest absolute Gasteiger partial charge is 0.501 e. The highest BCUT2D eigenvalue weighted by Gasteiger charge is 2.34. The molecule has 0 aliphatic heterocycles. The summed E-state index contributed by atoms with van der Waals surface area (Å²) in [4.78, 5) is 37.1. The van der Waals surface area contributed by atoms with Crippen molar-refractivity contribution in [3.63, 3.8) is 0 Å². The molecule has 30 heavy (non-hydrogen) atoms. The molecule has 158 valence electrons. The number of hydrogen-bond donors (Lipinski definition) is 1. The van der Waals surface area contributed by atoms with E-state index in [0.29, 0.717) is 57.5 Å². The molecule has 1 heterocycles. The molecule has 1 N–H and O–H groups in total. The maximum Gasteiger partial charge on any atom is 0.348 e. The van der Waals surface area contributed by atoms with Crippen LogP contribution in [0.15, 0.2) is 36.1 Å². The average molecular weight is 429 g/mol. The van der Waals surface area contributed by atoms with Crippen LogP contribution in [0.2, 0.25) is 0 Å². The van der Waals surface area contributed by atoms with E-state index in [1.54, 1.807) is 31.2 Å². The zero-order chi connectivity index (χ0) is 21.7. The van der Waals surface area contributed by atoms with Crippen LogP contribution in [0.25, 0.3) is 0 Å². The number of carbonyl (C=O) groups is 3. The highest BCUT2D eigenvalue weighted by Crippen LogP contribution is 2.43. The summed E-state index contributed by atoms with van der Waals surface area (Å²) in [7, 11) is 0. The Morgan fingerprint density at radius 1 is 1.13 bits per heavy atom. The van der Waals surface area contributed by atoms with Crippen LogP contribution in [0.1, 0.15) is 52.8 Å². The summed E-state index contributed by atoms with van der Waals surface area (Å²) >= 11 is 1.11. The summed E-state index contributed by atoms with van der Waals surface area (Å²) in [5, 5.41) is 3.02. The average Bonchev–Trinajstić information content (AvgIpc) is 3.08. The second-order valence-corrected chi connectivity index (χ2v) is 7.51. The van der Waals surface area contributed by atoms with Crippen molar-refractivity contribution in [2.45, 2.75) is 33.6 Å². The van der Waals surface area contributed by atoms with E-state index in [0.717, 1.165) is 11.3 Å². The predicted octanol–water partition coefficient (Wildman–Crippen LogP) is 4.72. The van der Waals surface area contributed by atoms with Crippen LogP contribution in [-0.2, 0) is 20.7 Å². The Hall–Kier alpha value is -3.13. The topological polar surface area (TPSA) is 90.9 Å². The second-order valence-electron chi connectivity index (χ2n) is 6.53. The number of fused-ring (bicyclic) bond motifs is 1. The number of esters is 1. The summed E-state index contributed by atoms with van der Waals surface area (Å²) in [6.45, 7) is 5.72. The number of benzene rings is 1. The minimum absolute atomic E-state index is 0.172. The van der Waals surface area contributed by atoms with Gasteiger partial charge < -0.3 is 19.5 Å².